The molecule has 1 unspecified atom stereocenters. The van der Waals surface area contributed by atoms with Crippen molar-refractivity contribution in [2.75, 3.05) is 19.0 Å². The summed E-state index contributed by atoms with van der Waals surface area (Å²) < 4.78 is 9.98. The summed E-state index contributed by atoms with van der Waals surface area (Å²) in [4.78, 5) is 53.6. The van der Waals surface area contributed by atoms with Gasteiger partial charge in [0, 0.05) is 35.3 Å². The molecule has 2 N–H and O–H groups in total. The van der Waals surface area contributed by atoms with Crippen molar-refractivity contribution >= 4 is 29.4 Å². The number of amides is 1. The number of dihydropyridines is 1. The molecule has 1 atom stereocenters. The van der Waals surface area contributed by atoms with E-state index in [0.29, 0.717) is 17.0 Å². The number of nitro groups is 1. The van der Waals surface area contributed by atoms with Crippen LogP contribution in [-0.2, 0) is 19.1 Å². The number of ether oxygens (including phenoxy) is 2. The van der Waals surface area contributed by atoms with Crippen LogP contribution in [0, 0.1) is 10.1 Å². The fourth-order valence-electron chi connectivity index (χ4n) is 3.88. The van der Waals surface area contributed by atoms with Crippen molar-refractivity contribution in [3.8, 4) is 0 Å². The quantitative estimate of drug-likeness (QED) is 0.346. The number of carbonyl (C=O) groups is 3. The summed E-state index contributed by atoms with van der Waals surface area (Å²) in [7, 11) is 1.21. The van der Waals surface area contributed by atoms with Gasteiger partial charge in [0.2, 0.25) is 0 Å². The molecule has 0 saturated carbocycles. The Morgan fingerprint density at radius 2 is 1.83 bits per heavy atom. The number of aromatic nitrogens is 1. The fraction of sp³-hybridized carbons (Fsp3) is 0.250. The molecule has 1 aliphatic rings. The van der Waals surface area contributed by atoms with Crippen molar-refractivity contribution in [3.63, 3.8) is 0 Å². The molecule has 1 aromatic carbocycles. The van der Waals surface area contributed by atoms with E-state index in [1.165, 1.54) is 43.6 Å². The van der Waals surface area contributed by atoms with Crippen LogP contribution in [0.1, 0.15) is 42.6 Å². The van der Waals surface area contributed by atoms with Crippen LogP contribution in [0.15, 0.2) is 65.1 Å². The van der Waals surface area contributed by atoms with Crippen molar-refractivity contribution in [1.82, 2.24) is 10.3 Å². The number of anilines is 1. The number of benzene rings is 1. The Bertz CT molecular complexity index is 1270. The maximum atomic E-state index is 13.6. The van der Waals surface area contributed by atoms with Gasteiger partial charge in [-0.3, -0.25) is 14.9 Å². The van der Waals surface area contributed by atoms with Gasteiger partial charge in [0.15, 0.2) is 0 Å². The lowest BCUT2D eigenvalue weighted by Crippen LogP contribution is -2.34. The number of nitro benzene ring substituents is 1. The van der Waals surface area contributed by atoms with Gasteiger partial charge in [-0.15, -0.1) is 0 Å². The van der Waals surface area contributed by atoms with Gasteiger partial charge in [0.05, 0.1) is 30.1 Å². The van der Waals surface area contributed by atoms with Gasteiger partial charge in [-0.25, -0.2) is 14.6 Å². The lowest BCUT2D eigenvalue weighted by molar-refractivity contribution is -0.384. The molecule has 0 spiro atoms. The number of nitrogens with one attached hydrogen (secondary N) is 2. The SMILES string of the molecule is CCOC(=O)c1cccnc1NC(=O)C1=C(C)NC(C)=C(C(=O)OC)C1c1cccc([N+](=O)[O-])c1. The third-order valence-electron chi connectivity index (χ3n) is 5.36. The number of esters is 2. The Balaban J connectivity index is 2.12. The molecule has 1 aromatic heterocycles. The van der Waals surface area contributed by atoms with Gasteiger partial charge in [-0.1, -0.05) is 12.1 Å². The first-order valence-corrected chi connectivity index (χ1v) is 10.6. The third-order valence-corrected chi connectivity index (χ3v) is 5.36. The number of allylic oxidation sites excluding steroid dienone is 2. The predicted octanol–water partition coefficient (Wildman–Crippen LogP) is 3.21. The van der Waals surface area contributed by atoms with Crippen molar-refractivity contribution < 1.29 is 28.8 Å². The molecule has 0 saturated heterocycles. The highest BCUT2D eigenvalue weighted by molar-refractivity contribution is 6.10. The highest BCUT2D eigenvalue weighted by Crippen LogP contribution is 2.40. The summed E-state index contributed by atoms with van der Waals surface area (Å²) in [5, 5.41) is 17.0. The number of methoxy groups -OCH3 is 1. The smallest absolute Gasteiger partial charge is 0.341 e. The first-order chi connectivity index (χ1) is 16.7. The van der Waals surface area contributed by atoms with Crippen LogP contribution >= 0.6 is 0 Å². The van der Waals surface area contributed by atoms with Gasteiger partial charge < -0.3 is 20.1 Å². The summed E-state index contributed by atoms with van der Waals surface area (Å²) in [6.07, 6.45) is 1.40. The molecule has 3 rings (SSSR count). The lowest BCUT2D eigenvalue weighted by Gasteiger charge is -2.30. The Morgan fingerprint density at radius 3 is 2.49 bits per heavy atom. The molecule has 0 bridgehead atoms. The Hall–Kier alpha value is -4.54. The monoisotopic (exact) mass is 480 g/mol. The van der Waals surface area contributed by atoms with Crippen LogP contribution in [0.3, 0.4) is 0 Å². The van der Waals surface area contributed by atoms with E-state index in [-0.39, 0.29) is 34.8 Å². The maximum absolute atomic E-state index is 13.6. The number of non-ortho nitro benzene ring substituents is 1. The van der Waals surface area contributed by atoms with Gasteiger partial charge in [0.1, 0.15) is 11.4 Å². The van der Waals surface area contributed by atoms with Crippen LogP contribution in [0.25, 0.3) is 0 Å². The minimum atomic E-state index is -0.988. The minimum absolute atomic E-state index is 0.0278. The molecule has 11 heteroatoms. The Morgan fingerprint density at radius 1 is 1.11 bits per heavy atom. The summed E-state index contributed by atoms with van der Waals surface area (Å²) in [6, 6.07) is 8.67. The van der Waals surface area contributed by atoms with Crippen molar-refractivity contribution in [2.45, 2.75) is 26.7 Å². The van der Waals surface area contributed by atoms with Crippen LogP contribution in [0.2, 0.25) is 0 Å². The Labute approximate surface area is 201 Å². The second-order valence-corrected chi connectivity index (χ2v) is 7.55. The Kier molecular flexibility index (Phi) is 7.59. The number of hydrogen-bond donors (Lipinski definition) is 2. The van der Waals surface area contributed by atoms with Crippen LogP contribution in [-0.4, -0.2) is 41.5 Å². The molecular formula is C24H24N4O7. The van der Waals surface area contributed by atoms with Gasteiger partial charge in [-0.2, -0.15) is 0 Å². The van der Waals surface area contributed by atoms with Crippen molar-refractivity contribution in [1.29, 1.82) is 0 Å². The molecule has 1 amide bonds. The molecule has 0 fully saturated rings. The molecule has 1 aliphatic heterocycles. The van der Waals surface area contributed by atoms with Crippen molar-refractivity contribution in [2.24, 2.45) is 0 Å². The van der Waals surface area contributed by atoms with Crippen molar-refractivity contribution in [3.05, 3.63) is 86.4 Å². The van der Waals surface area contributed by atoms with E-state index in [2.05, 4.69) is 15.6 Å². The average Bonchev–Trinajstić information content (AvgIpc) is 2.83. The largest absolute Gasteiger partial charge is 0.466 e. The van der Waals surface area contributed by atoms with E-state index >= 15 is 0 Å². The van der Waals surface area contributed by atoms with Gasteiger partial charge in [0.25, 0.3) is 11.6 Å². The second kappa shape index (κ2) is 10.6. The molecule has 2 aromatic rings. The molecule has 0 radical (unpaired) electrons. The van der Waals surface area contributed by atoms with Crippen LogP contribution in [0.4, 0.5) is 11.5 Å². The van der Waals surface area contributed by atoms with E-state index in [1.807, 2.05) is 0 Å². The first kappa shape index (κ1) is 25.1. The number of rotatable bonds is 7. The average molecular weight is 480 g/mol. The topological polar surface area (TPSA) is 150 Å². The molecule has 0 aliphatic carbocycles. The summed E-state index contributed by atoms with van der Waals surface area (Å²) >= 11 is 0. The standard InChI is InChI=1S/C24H24N4O7/c1-5-35-23(30)17-10-7-11-25-21(17)27-22(29)18-13(2)26-14(3)19(24(31)34-4)20(18)15-8-6-9-16(12-15)28(32)33/h6-12,20,26H,5H2,1-4H3,(H,25,27,29). The lowest BCUT2D eigenvalue weighted by atomic mass is 9.80. The summed E-state index contributed by atoms with van der Waals surface area (Å²) in [5.74, 6) is -3.04. The molecule has 11 nitrogen and oxygen atoms in total. The first-order valence-electron chi connectivity index (χ1n) is 10.6. The van der Waals surface area contributed by atoms with E-state index in [1.54, 1.807) is 26.8 Å². The molecule has 182 valence electrons. The number of nitrogens with zero attached hydrogens (tertiary/aromatic N) is 2. The van der Waals surface area contributed by atoms with Gasteiger partial charge in [-0.05, 0) is 38.5 Å². The predicted molar refractivity (Wildman–Crippen MR) is 125 cm³/mol. The van der Waals surface area contributed by atoms with Crippen LogP contribution in [0.5, 0.6) is 0 Å². The highest BCUT2D eigenvalue weighted by atomic mass is 16.6. The number of hydrogen-bond acceptors (Lipinski definition) is 9. The van der Waals surface area contributed by atoms with Crippen LogP contribution < -0.4 is 10.6 Å². The number of carbonyl (C=O) groups excluding carboxylic acids is 3. The second-order valence-electron chi connectivity index (χ2n) is 7.55. The minimum Gasteiger partial charge on any atom is -0.466 e. The summed E-state index contributed by atoms with van der Waals surface area (Å²) in [6.45, 7) is 5.08. The maximum Gasteiger partial charge on any atom is 0.341 e. The third kappa shape index (κ3) is 5.18. The highest BCUT2D eigenvalue weighted by Gasteiger charge is 2.38. The number of pyridine rings is 1. The molecule has 35 heavy (non-hydrogen) atoms. The zero-order chi connectivity index (χ0) is 25.7. The molecular weight excluding hydrogens is 456 g/mol. The van der Waals surface area contributed by atoms with E-state index in [4.69, 9.17) is 9.47 Å². The zero-order valence-corrected chi connectivity index (χ0v) is 19.6. The summed E-state index contributed by atoms with van der Waals surface area (Å²) in [5.41, 5.74) is 1.28. The molecule has 2 heterocycles. The fourth-order valence-corrected chi connectivity index (χ4v) is 3.88. The zero-order valence-electron chi connectivity index (χ0n) is 19.6. The van der Waals surface area contributed by atoms with E-state index in [9.17, 15) is 24.5 Å². The van der Waals surface area contributed by atoms with Gasteiger partial charge >= 0.3 is 11.9 Å². The van der Waals surface area contributed by atoms with E-state index < -0.39 is 28.7 Å². The normalized spacial score (nSPS) is 15.3. The van der Waals surface area contributed by atoms with E-state index in [0.717, 1.165) is 0 Å².